The van der Waals surface area contributed by atoms with E-state index < -0.39 is 12.1 Å². The van der Waals surface area contributed by atoms with Crippen LogP contribution in [0.2, 0.25) is 0 Å². The van der Waals surface area contributed by atoms with Gasteiger partial charge in [0.1, 0.15) is 0 Å². The van der Waals surface area contributed by atoms with Crippen molar-refractivity contribution in [1.29, 1.82) is 0 Å². The zero-order chi connectivity index (χ0) is 11.9. The SMILES string of the molecule is COC(C)(C)OC.OCC1CCC(O)O1. The van der Waals surface area contributed by atoms with E-state index in [0.717, 1.165) is 6.42 Å². The van der Waals surface area contributed by atoms with Crippen molar-refractivity contribution in [3.8, 4) is 0 Å². The summed E-state index contributed by atoms with van der Waals surface area (Å²) in [7, 11) is 3.23. The van der Waals surface area contributed by atoms with E-state index in [-0.39, 0.29) is 12.7 Å². The monoisotopic (exact) mass is 222 g/mol. The molecule has 1 heterocycles. The lowest BCUT2D eigenvalue weighted by Gasteiger charge is -2.19. The summed E-state index contributed by atoms with van der Waals surface area (Å²) in [6.45, 7) is 3.73. The van der Waals surface area contributed by atoms with Crippen molar-refractivity contribution in [3.05, 3.63) is 0 Å². The standard InChI is InChI=1S/C5H10O3.C5H12O2/c6-3-4-1-2-5(7)8-4;1-5(2,6-3)7-4/h4-7H,1-3H2;1-4H3. The molecule has 0 aliphatic carbocycles. The summed E-state index contributed by atoms with van der Waals surface area (Å²) in [6, 6.07) is 0. The molecule has 2 unspecified atom stereocenters. The molecule has 1 rings (SSSR count). The maximum Gasteiger partial charge on any atom is 0.161 e. The highest BCUT2D eigenvalue weighted by atomic mass is 16.7. The molecule has 0 aromatic carbocycles. The molecule has 2 atom stereocenters. The lowest BCUT2D eigenvalue weighted by Crippen LogP contribution is -2.24. The van der Waals surface area contributed by atoms with Crippen LogP contribution in [0.1, 0.15) is 26.7 Å². The lowest BCUT2D eigenvalue weighted by atomic mass is 10.2. The molecule has 0 aromatic rings. The van der Waals surface area contributed by atoms with E-state index in [9.17, 15) is 0 Å². The third-order valence-corrected chi connectivity index (χ3v) is 2.27. The van der Waals surface area contributed by atoms with Crippen LogP contribution in [0.4, 0.5) is 0 Å². The van der Waals surface area contributed by atoms with Crippen molar-refractivity contribution in [1.82, 2.24) is 0 Å². The van der Waals surface area contributed by atoms with E-state index in [1.54, 1.807) is 14.2 Å². The first kappa shape index (κ1) is 14.8. The molecule has 0 saturated carbocycles. The number of methoxy groups -OCH3 is 2. The first-order valence-electron chi connectivity index (χ1n) is 5.00. The highest BCUT2D eigenvalue weighted by Crippen LogP contribution is 2.16. The van der Waals surface area contributed by atoms with Gasteiger partial charge in [-0.3, -0.25) is 0 Å². The van der Waals surface area contributed by atoms with E-state index in [2.05, 4.69) is 0 Å². The van der Waals surface area contributed by atoms with Crippen LogP contribution in [0.5, 0.6) is 0 Å². The largest absolute Gasteiger partial charge is 0.394 e. The average molecular weight is 222 g/mol. The van der Waals surface area contributed by atoms with Gasteiger partial charge in [0.05, 0.1) is 12.7 Å². The molecular weight excluding hydrogens is 200 g/mol. The Morgan fingerprint density at radius 3 is 1.93 bits per heavy atom. The molecular formula is C10H22O5. The summed E-state index contributed by atoms with van der Waals surface area (Å²) in [5.74, 6) is -0.417. The Morgan fingerprint density at radius 2 is 1.80 bits per heavy atom. The molecule has 0 spiro atoms. The van der Waals surface area contributed by atoms with Crippen LogP contribution < -0.4 is 0 Å². The Morgan fingerprint density at radius 1 is 1.27 bits per heavy atom. The van der Waals surface area contributed by atoms with Gasteiger partial charge in [-0.25, -0.2) is 0 Å². The molecule has 5 nitrogen and oxygen atoms in total. The van der Waals surface area contributed by atoms with Crippen LogP contribution in [0, 0.1) is 0 Å². The fourth-order valence-corrected chi connectivity index (χ4v) is 0.904. The fraction of sp³-hybridized carbons (Fsp3) is 1.00. The minimum Gasteiger partial charge on any atom is -0.394 e. The van der Waals surface area contributed by atoms with Gasteiger partial charge in [-0.05, 0) is 20.3 Å². The lowest BCUT2D eigenvalue weighted by molar-refractivity contribution is -0.178. The molecule has 0 aromatic heterocycles. The summed E-state index contributed by atoms with van der Waals surface area (Å²) in [4.78, 5) is 0. The van der Waals surface area contributed by atoms with E-state index >= 15 is 0 Å². The summed E-state index contributed by atoms with van der Waals surface area (Å²) in [5.41, 5.74) is 0. The van der Waals surface area contributed by atoms with Gasteiger partial charge in [0.2, 0.25) is 0 Å². The van der Waals surface area contributed by atoms with Crippen LogP contribution in [0.3, 0.4) is 0 Å². The predicted octanol–water partition coefficient (Wildman–Crippen LogP) is 0.491. The number of hydrogen-bond acceptors (Lipinski definition) is 5. The summed E-state index contributed by atoms with van der Waals surface area (Å²) in [5, 5.41) is 17.1. The normalized spacial score (nSPS) is 26.0. The highest BCUT2D eigenvalue weighted by Gasteiger charge is 2.21. The quantitative estimate of drug-likeness (QED) is 0.680. The molecule has 0 bridgehead atoms. The third kappa shape index (κ3) is 6.81. The Bertz CT molecular complexity index is 154. The maximum atomic E-state index is 8.70. The Hall–Kier alpha value is -0.200. The maximum absolute atomic E-state index is 8.70. The molecule has 5 heteroatoms. The molecule has 1 aliphatic heterocycles. The predicted molar refractivity (Wildman–Crippen MR) is 55.3 cm³/mol. The van der Waals surface area contributed by atoms with Gasteiger partial charge in [0, 0.05) is 20.6 Å². The van der Waals surface area contributed by atoms with Crippen molar-refractivity contribution in [2.75, 3.05) is 20.8 Å². The van der Waals surface area contributed by atoms with Crippen molar-refractivity contribution in [3.63, 3.8) is 0 Å². The first-order chi connectivity index (χ1) is 6.95. The van der Waals surface area contributed by atoms with Crippen molar-refractivity contribution in [2.24, 2.45) is 0 Å². The van der Waals surface area contributed by atoms with Crippen molar-refractivity contribution in [2.45, 2.75) is 44.9 Å². The minimum atomic E-state index is -0.632. The number of hydrogen-bond donors (Lipinski definition) is 2. The van der Waals surface area contributed by atoms with Crippen molar-refractivity contribution < 1.29 is 24.4 Å². The molecule has 1 fully saturated rings. The fourth-order valence-electron chi connectivity index (χ4n) is 0.904. The van der Waals surface area contributed by atoms with E-state index in [1.165, 1.54) is 0 Å². The van der Waals surface area contributed by atoms with Gasteiger partial charge in [-0.1, -0.05) is 0 Å². The molecule has 2 N–H and O–H groups in total. The molecule has 0 radical (unpaired) electrons. The number of rotatable bonds is 3. The third-order valence-electron chi connectivity index (χ3n) is 2.27. The molecule has 0 amide bonds. The Balaban J connectivity index is 0.000000265. The summed E-state index contributed by atoms with van der Waals surface area (Å²) in [6.07, 6.45) is 0.681. The van der Waals surface area contributed by atoms with Crippen LogP contribution in [-0.4, -0.2) is 49.2 Å². The smallest absolute Gasteiger partial charge is 0.161 e. The van der Waals surface area contributed by atoms with Gasteiger partial charge in [0.15, 0.2) is 12.1 Å². The van der Waals surface area contributed by atoms with Crippen LogP contribution in [0.15, 0.2) is 0 Å². The zero-order valence-corrected chi connectivity index (χ0v) is 9.90. The Kier molecular flexibility index (Phi) is 7.04. The molecule has 1 saturated heterocycles. The van der Waals surface area contributed by atoms with E-state index in [4.69, 9.17) is 24.4 Å². The Labute approximate surface area is 91.0 Å². The molecule has 92 valence electrons. The minimum absolute atomic E-state index is 0.0249. The zero-order valence-electron chi connectivity index (χ0n) is 9.90. The summed E-state index contributed by atoms with van der Waals surface area (Å²) < 4.78 is 14.5. The molecule has 15 heavy (non-hydrogen) atoms. The van der Waals surface area contributed by atoms with Crippen LogP contribution >= 0.6 is 0 Å². The second-order valence-corrected chi connectivity index (χ2v) is 3.78. The van der Waals surface area contributed by atoms with Crippen LogP contribution in [0.25, 0.3) is 0 Å². The van der Waals surface area contributed by atoms with Gasteiger partial charge in [-0.15, -0.1) is 0 Å². The number of aliphatic hydroxyl groups is 2. The van der Waals surface area contributed by atoms with Crippen molar-refractivity contribution >= 4 is 0 Å². The summed E-state index contributed by atoms with van der Waals surface area (Å²) >= 11 is 0. The number of aliphatic hydroxyl groups excluding tert-OH is 2. The topological polar surface area (TPSA) is 68.2 Å². The van der Waals surface area contributed by atoms with Crippen LogP contribution in [-0.2, 0) is 14.2 Å². The van der Waals surface area contributed by atoms with E-state index in [1.807, 2.05) is 13.8 Å². The highest BCUT2D eigenvalue weighted by molar-refractivity contribution is 4.64. The first-order valence-corrected chi connectivity index (χ1v) is 5.00. The van der Waals surface area contributed by atoms with Gasteiger partial charge >= 0.3 is 0 Å². The second kappa shape index (κ2) is 7.14. The van der Waals surface area contributed by atoms with Gasteiger partial charge < -0.3 is 24.4 Å². The van der Waals surface area contributed by atoms with Gasteiger partial charge in [0.25, 0.3) is 0 Å². The number of ether oxygens (including phenoxy) is 3. The second-order valence-electron chi connectivity index (χ2n) is 3.78. The average Bonchev–Trinajstić information content (AvgIpc) is 2.65. The molecule has 1 aliphatic rings. The van der Waals surface area contributed by atoms with E-state index in [0.29, 0.717) is 6.42 Å². The van der Waals surface area contributed by atoms with Gasteiger partial charge in [-0.2, -0.15) is 0 Å².